The topological polar surface area (TPSA) is 268 Å². The van der Waals surface area contributed by atoms with Crippen LogP contribution in [0.15, 0.2) is 63.2 Å². The van der Waals surface area contributed by atoms with E-state index in [2.05, 4.69) is 25.6 Å². The molecule has 0 bridgehead atoms. The summed E-state index contributed by atoms with van der Waals surface area (Å²) in [6, 6.07) is 7.00. The van der Waals surface area contributed by atoms with Crippen LogP contribution in [0.1, 0.15) is 31.8 Å². The second-order valence-corrected chi connectivity index (χ2v) is 13.5. The molecule has 24 heteroatoms. The fraction of sp³-hybridized carbons (Fsp3) is 0. The Morgan fingerprint density at radius 3 is 1.74 bits per heavy atom. The van der Waals surface area contributed by atoms with Crippen LogP contribution in [-0.4, -0.2) is 65.4 Å². The van der Waals surface area contributed by atoms with E-state index < -0.39 is 84.5 Å². The second kappa shape index (κ2) is 15.4. The molecule has 16 nitrogen and oxygen atoms in total. The van der Waals surface area contributed by atoms with Crippen LogP contribution >= 0.6 is 23.2 Å². The zero-order chi connectivity index (χ0) is 32.4. The Morgan fingerprint density at radius 2 is 1.19 bits per heavy atom. The molecule has 0 fully saturated rings. The number of benzene rings is 3. The molecule has 47 heavy (non-hydrogen) atoms. The maximum absolute atomic E-state index is 13.6. The van der Waals surface area contributed by atoms with Gasteiger partial charge >= 0.3 is 88.7 Å². The van der Waals surface area contributed by atoms with Crippen LogP contribution in [0, 0.1) is 0 Å². The molecular formula is C23H10Cl2N5Na3O11S3. The largest absolute Gasteiger partial charge is 1.00 e. The predicted molar refractivity (Wildman–Crippen MR) is 146 cm³/mol. The molecule has 5 rings (SSSR count). The molecule has 0 saturated heterocycles. The van der Waals surface area contributed by atoms with Crippen LogP contribution in [-0.2, 0) is 30.4 Å². The summed E-state index contributed by atoms with van der Waals surface area (Å²) in [6.07, 6.45) is 0. The van der Waals surface area contributed by atoms with E-state index >= 15 is 0 Å². The van der Waals surface area contributed by atoms with Crippen LogP contribution in [0.5, 0.6) is 0 Å². The first-order valence-electron chi connectivity index (χ1n) is 11.4. The Labute approximate surface area is 342 Å². The first kappa shape index (κ1) is 42.1. The summed E-state index contributed by atoms with van der Waals surface area (Å²) < 4.78 is 108. The molecule has 0 unspecified atom stereocenters. The van der Waals surface area contributed by atoms with Crippen molar-refractivity contribution in [1.29, 1.82) is 0 Å². The summed E-state index contributed by atoms with van der Waals surface area (Å²) in [6.45, 7) is 0. The number of ketones is 2. The smallest absolute Gasteiger partial charge is 0.744 e. The van der Waals surface area contributed by atoms with Crippen LogP contribution in [0.25, 0.3) is 0 Å². The number of aromatic nitrogens is 3. The molecule has 0 radical (unpaired) electrons. The molecule has 0 aliphatic heterocycles. The number of halogens is 2. The van der Waals surface area contributed by atoms with E-state index in [0.717, 1.165) is 36.4 Å². The monoisotopic (exact) mass is 767 g/mol. The molecular weight excluding hydrogens is 758 g/mol. The maximum atomic E-state index is 13.6. The third-order valence-corrected chi connectivity index (χ3v) is 8.90. The molecule has 3 aromatic carbocycles. The number of hydrogen-bond acceptors (Lipinski definition) is 16. The van der Waals surface area contributed by atoms with Gasteiger partial charge in [-0.1, -0.05) is 12.1 Å². The molecule has 0 saturated carbocycles. The summed E-state index contributed by atoms with van der Waals surface area (Å²) in [4.78, 5) is 34.9. The molecule has 0 atom stereocenters. The average Bonchev–Trinajstić information content (AvgIpc) is 2.89. The Hall–Kier alpha value is -1.08. The minimum absolute atomic E-state index is 0. The van der Waals surface area contributed by atoms with Crippen LogP contribution < -0.4 is 99.3 Å². The number of nitrogens with one attached hydrogen (secondary N) is 2. The molecule has 0 spiro atoms. The molecule has 0 amide bonds. The van der Waals surface area contributed by atoms with Crippen LogP contribution in [0.3, 0.4) is 0 Å². The van der Waals surface area contributed by atoms with Gasteiger partial charge in [0.15, 0.2) is 11.6 Å². The van der Waals surface area contributed by atoms with Crippen molar-refractivity contribution in [3.05, 3.63) is 81.4 Å². The minimum Gasteiger partial charge on any atom is -0.744 e. The summed E-state index contributed by atoms with van der Waals surface area (Å²) in [5, 5.41) is 4.18. The zero-order valence-corrected chi connectivity index (χ0v) is 33.9. The summed E-state index contributed by atoms with van der Waals surface area (Å²) in [7, 11) is -15.8. The van der Waals surface area contributed by atoms with Gasteiger partial charge in [0.1, 0.15) is 30.4 Å². The van der Waals surface area contributed by atoms with E-state index in [-0.39, 0.29) is 117 Å². The van der Waals surface area contributed by atoms with Gasteiger partial charge < -0.3 is 24.3 Å². The molecule has 1 aromatic heterocycles. The average molecular weight is 768 g/mol. The number of carbonyl (C=O) groups excluding carboxylic acids is 2. The van der Waals surface area contributed by atoms with Crippen LogP contribution in [0.4, 0.5) is 23.0 Å². The van der Waals surface area contributed by atoms with Gasteiger partial charge in [0.2, 0.25) is 16.5 Å². The van der Waals surface area contributed by atoms with Crippen molar-refractivity contribution in [3.63, 3.8) is 0 Å². The molecule has 1 heterocycles. The summed E-state index contributed by atoms with van der Waals surface area (Å²) in [5.41, 5.74) is -3.88. The van der Waals surface area contributed by atoms with Crippen molar-refractivity contribution in [2.75, 3.05) is 10.6 Å². The molecule has 1 aliphatic carbocycles. The van der Waals surface area contributed by atoms with Gasteiger partial charge in [-0.05, 0) is 59.6 Å². The Bertz CT molecular complexity index is 2280. The standard InChI is InChI=1S/C23H13Cl2N5O11S3.3Na/c24-21-28-22(25)30-23(29-21)27-13-5-4-9(6-16(13)44(39,40)41)26-14-8-10(42(33,34)35)7-12-17(14)20(32)18-11(19(12)31)2-1-3-15(18)43(36,37)38;;;/h1-8,26H,(H,33,34,35)(H,36,37,38)(H,39,40,41)(H,27,28,29,30);;;/q;3*+1/p-3. The van der Waals surface area contributed by atoms with Crippen molar-refractivity contribution in [2.24, 2.45) is 0 Å². The van der Waals surface area contributed by atoms with E-state index in [1.807, 2.05) is 0 Å². The van der Waals surface area contributed by atoms with E-state index in [1.165, 1.54) is 0 Å². The molecule has 2 N–H and O–H groups in total. The normalized spacial score (nSPS) is 12.4. The van der Waals surface area contributed by atoms with Gasteiger partial charge in [0, 0.05) is 16.8 Å². The molecule has 228 valence electrons. The first-order valence-corrected chi connectivity index (χ1v) is 16.4. The van der Waals surface area contributed by atoms with Gasteiger partial charge in [-0.15, -0.1) is 0 Å². The molecule has 4 aromatic rings. The number of anilines is 4. The number of carbonyl (C=O) groups is 2. The SMILES string of the molecule is O=C1c2cc(S(=O)(=O)[O-])cc(Nc3ccc(Nc4nc(Cl)nc(Cl)n4)c(S(=O)(=O)[O-])c3)c2C(=O)c2c1cccc2S(=O)(=O)[O-].[Na+].[Na+].[Na+]. The van der Waals surface area contributed by atoms with Crippen LogP contribution in [0.2, 0.25) is 10.6 Å². The van der Waals surface area contributed by atoms with Gasteiger partial charge in [-0.3, -0.25) is 9.59 Å². The quantitative estimate of drug-likeness (QED) is 0.115. The van der Waals surface area contributed by atoms with Crippen molar-refractivity contribution < 1.29 is 137 Å². The van der Waals surface area contributed by atoms with Crippen molar-refractivity contribution >= 4 is 88.1 Å². The van der Waals surface area contributed by atoms with Gasteiger partial charge in [0.05, 0.1) is 37.2 Å². The predicted octanol–water partition coefficient (Wildman–Crippen LogP) is -6.83. The number of rotatable bonds is 7. The Morgan fingerprint density at radius 1 is 0.596 bits per heavy atom. The summed E-state index contributed by atoms with van der Waals surface area (Å²) >= 11 is 11.4. The summed E-state index contributed by atoms with van der Waals surface area (Å²) in [5.74, 6) is -2.65. The van der Waals surface area contributed by atoms with Crippen molar-refractivity contribution in [2.45, 2.75) is 14.7 Å². The number of hydrogen-bond donors (Lipinski definition) is 2. The fourth-order valence-electron chi connectivity index (χ4n) is 4.28. The maximum Gasteiger partial charge on any atom is 1.00 e. The number of fused-ring (bicyclic) bond motifs is 2. The van der Waals surface area contributed by atoms with Gasteiger partial charge in [-0.25, -0.2) is 25.3 Å². The second-order valence-electron chi connectivity index (χ2n) is 8.75. The first-order chi connectivity index (χ1) is 20.3. The van der Waals surface area contributed by atoms with Gasteiger partial charge in [0.25, 0.3) is 0 Å². The minimum atomic E-state index is -5.29. The third-order valence-electron chi connectivity index (χ3n) is 6.00. The van der Waals surface area contributed by atoms with Crippen molar-refractivity contribution in [1.82, 2.24) is 15.0 Å². The molecule has 1 aliphatic rings. The van der Waals surface area contributed by atoms with E-state index in [9.17, 15) is 48.5 Å². The van der Waals surface area contributed by atoms with E-state index in [0.29, 0.717) is 12.1 Å². The number of nitrogens with zero attached hydrogens (tertiary/aromatic N) is 3. The van der Waals surface area contributed by atoms with E-state index in [4.69, 9.17) is 23.2 Å². The third kappa shape index (κ3) is 8.99. The Kier molecular flexibility index (Phi) is 13.8. The van der Waals surface area contributed by atoms with E-state index in [1.54, 1.807) is 0 Å². The van der Waals surface area contributed by atoms with Gasteiger partial charge in [-0.2, -0.15) is 15.0 Å². The van der Waals surface area contributed by atoms with Crippen molar-refractivity contribution in [3.8, 4) is 0 Å². The fourth-order valence-corrected chi connectivity index (χ4v) is 6.53. The Balaban J connectivity index is 0.00000256. The zero-order valence-electron chi connectivity index (χ0n) is 23.9.